The summed E-state index contributed by atoms with van der Waals surface area (Å²) in [7, 11) is 0. The Labute approximate surface area is 128 Å². The first-order valence-electron chi connectivity index (χ1n) is 6.93. The molecule has 0 heterocycles. The summed E-state index contributed by atoms with van der Waals surface area (Å²) < 4.78 is 9.77. The third-order valence-electron chi connectivity index (χ3n) is 2.89. The normalized spacial score (nSPS) is 10.8. The fourth-order valence-corrected chi connectivity index (χ4v) is 2.16. The maximum absolute atomic E-state index is 11.2. The van der Waals surface area contributed by atoms with Gasteiger partial charge in [0.25, 0.3) is 0 Å². The van der Waals surface area contributed by atoms with Gasteiger partial charge in [-0.05, 0) is 25.7 Å². The van der Waals surface area contributed by atoms with Crippen molar-refractivity contribution in [1.29, 1.82) is 0 Å². The lowest BCUT2D eigenvalue weighted by atomic mass is 9.88. The van der Waals surface area contributed by atoms with Gasteiger partial charge in [-0.15, -0.1) is 0 Å². The molecule has 8 heteroatoms. The van der Waals surface area contributed by atoms with Crippen molar-refractivity contribution in [2.24, 2.45) is 0 Å². The molecule has 0 fully saturated rings. The van der Waals surface area contributed by atoms with E-state index < -0.39 is 36.4 Å². The van der Waals surface area contributed by atoms with E-state index in [1.54, 1.807) is 0 Å². The van der Waals surface area contributed by atoms with Crippen LogP contribution >= 0.6 is 0 Å². The second kappa shape index (κ2) is 9.75. The van der Waals surface area contributed by atoms with Gasteiger partial charge in [-0.1, -0.05) is 0 Å². The first kappa shape index (κ1) is 19.9. The van der Waals surface area contributed by atoms with E-state index in [0.29, 0.717) is 19.3 Å². The highest BCUT2D eigenvalue weighted by Gasteiger charge is 2.38. The molecule has 0 saturated heterocycles. The average Bonchev–Trinajstić information content (AvgIpc) is 2.30. The molecule has 0 aromatic carbocycles. The van der Waals surface area contributed by atoms with E-state index in [1.807, 2.05) is 0 Å². The number of carbonyl (C=O) groups excluding carboxylic acids is 2. The summed E-state index contributed by atoms with van der Waals surface area (Å²) >= 11 is 0. The van der Waals surface area contributed by atoms with Crippen molar-refractivity contribution >= 4 is 23.9 Å². The minimum absolute atomic E-state index is 0.116. The van der Waals surface area contributed by atoms with Crippen molar-refractivity contribution in [2.45, 2.75) is 58.0 Å². The zero-order chi connectivity index (χ0) is 17.2. The summed E-state index contributed by atoms with van der Waals surface area (Å²) in [4.78, 5) is 43.6. The van der Waals surface area contributed by atoms with Crippen LogP contribution in [-0.4, -0.2) is 46.3 Å². The molecular formula is C14H22O8. The summed E-state index contributed by atoms with van der Waals surface area (Å²) in [6.07, 6.45) is 0.595. The zero-order valence-corrected chi connectivity index (χ0v) is 12.8. The molecule has 0 bridgehead atoms. The molecule has 0 aromatic rings. The highest BCUT2D eigenvalue weighted by molar-refractivity contribution is 5.75. The highest BCUT2D eigenvalue weighted by Crippen LogP contribution is 2.28. The number of ether oxygens (including phenoxy) is 2. The molecule has 2 N–H and O–H groups in total. The number of aliphatic carboxylic acids is 2. The van der Waals surface area contributed by atoms with E-state index in [2.05, 4.69) is 0 Å². The Kier molecular flexibility index (Phi) is 8.81. The van der Waals surface area contributed by atoms with Crippen molar-refractivity contribution in [3.63, 3.8) is 0 Å². The second-order valence-electron chi connectivity index (χ2n) is 5.07. The lowest BCUT2D eigenvalue weighted by molar-refractivity contribution is -0.168. The number of esters is 2. The maximum atomic E-state index is 11.2. The predicted octanol–water partition coefficient (Wildman–Crippen LogP) is 1.36. The van der Waals surface area contributed by atoms with Crippen LogP contribution < -0.4 is 0 Å². The van der Waals surface area contributed by atoms with E-state index in [1.165, 1.54) is 6.92 Å². The van der Waals surface area contributed by atoms with Crippen molar-refractivity contribution < 1.29 is 38.9 Å². The molecular weight excluding hydrogens is 296 g/mol. The summed E-state index contributed by atoms with van der Waals surface area (Å²) in [6.45, 7) is 2.65. The molecule has 0 radical (unpaired) electrons. The van der Waals surface area contributed by atoms with Crippen LogP contribution in [0.2, 0.25) is 0 Å². The van der Waals surface area contributed by atoms with Gasteiger partial charge in [0, 0.05) is 13.8 Å². The van der Waals surface area contributed by atoms with Crippen LogP contribution in [0.1, 0.15) is 52.4 Å². The van der Waals surface area contributed by atoms with Gasteiger partial charge in [0.2, 0.25) is 0 Å². The van der Waals surface area contributed by atoms with Crippen LogP contribution in [0.15, 0.2) is 0 Å². The Hall–Kier alpha value is -2.12. The molecule has 22 heavy (non-hydrogen) atoms. The molecule has 0 aromatic heterocycles. The van der Waals surface area contributed by atoms with Crippen molar-refractivity contribution in [3.8, 4) is 0 Å². The van der Waals surface area contributed by atoms with Gasteiger partial charge in [-0.25, -0.2) is 0 Å². The standard InChI is InChI=1S/C14H22O8/c1-10(15)21-7-5-3-4-6-14(8-12(17)18,9-13(19)20)22-11(2)16/h3-9H2,1-2H3,(H,17,18)(H,19,20). The molecule has 8 nitrogen and oxygen atoms in total. The molecule has 0 unspecified atom stereocenters. The van der Waals surface area contributed by atoms with E-state index in [9.17, 15) is 19.2 Å². The van der Waals surface area contributed by atoms with Crippen LogP contribution in [0, 0.1) is 0 Å². The van der Waals surface area contributed by atoms with E-state index in [-0.39, 0.29) is 19.0 Å². The molecule has 0 aliphatic heterocycles. The molecule has 0 spiro atoms. The van der Waals surface area contributed by atoms with Gasteiger partial charge in [0.15, 0.2) is 0 Å². The second-order valence-corrected chi connectivity index (χ2v) is 5.07. The smallest absolute Gasteiger partial charge is 0.307 e. The van der Waals surface area contributed by atoms with Gasteiger partial charge in [-0.2, -0.15) is 0 Å². The molecule has 0 aliphatic carbocycles. The van der Waals surface area contributed by atoms with Crippen molar-refractivity contribution in [1.82, 2.24) is 0 Å². The number of hydrogen-bond donors (Lipinski definition) is 2. The largest absolute Gasteiger partial charge is 0.481 e. The molecule has 126 valence electrons. The van der Waals surface area contributed by atoms with E-state index in [0.717, 1.165) is 6.92 Å². The summed E-state index contributed by atoms with van der Waals surface area (Å²) in [6, 6.07) is 0. The first-order valence-corrected chi connectivity index (χ1v) is 6.93. The van der Waals surface area contributed by atoms with Gasteiger partial charge >= 0.3 is 23.9 Å². The van der Waals surface area contributed by atoms with E-state index >= 15 is 0 Å². The lowest BCUT2D eigenvalue weighted by Crippen LogP contribution is -2.39. The number of hydrogen-bond acceptors (Lipinski definition) is 6. The van der Waals surface area contributed by atoms with E-state index in [4.69, 9.17) is 19.7 Å². The minimum atomic E-state index is -1.55. The third-order valence-corrected chi connectivity index (χ3v) is 2.89. The van der Waals surface area contributed by atoms with Crippen LogP contribution in [0.4, 0.5) is 0 Å². The number of carboxylic acids is 2. The van der Waals surface area contributed by atoms with Crippen LogP contribution in [0.25, 0.3) is 0 Å². The van der Waals surface area contributed by atoms with Crippen LogP contribution in [-0.2, 0) is 28.7 Å². The molecule has 0 atom stereocenters. The number of rotatable bonds is 11. The SMILES string of the molecule is CC(=O)OCCCCCC(CC(=O)O)(CC(=O)O)OC(C)=O. The number of carbonyl (C=O) groups is 4. The summed E-state index contributed by atoms with van der Waals surface area (Å²) in [5, 5.41) is 17.9. The summed E-state index contributed by atoms with van der Waals surface area (Å²) in [5.41, 5.74) is -1.55. The Morgan fingerprint density at radius 3 is 1.82 bits per heavy atom. The minimum Gasteiger partial charge on any atom is -0.481 e. The first-order chi connectivity index (χ1) is 10.2. The maximum Gasteiger partial charge on any atom is 0.307 e. The Balaban J connectivity index is 4.60. The highest BCUT2D eigenvalue weighted by atomic mass is 16.6. The molecule has 0 aliphatic rings. The van der Waals surface area contributed by atoms with Crippen LogP contribution in [0.5, 0.6) is 0 Å². The molecule has 0 saturated carbocycles. The zero-order valence-electron chi connectivity index (χ0n) is 12.8. The Bertz CT molecular complexity index is 374. The van der Waals surface area contributed by atoms with Gasteiger partial charge < -0.3 is 19.7 Å². The fourth-order valence-electron chi connectivity index (χ4n) is 2.16. The number of carboxylic acid groups (broad SMARTS) is 2. The summed E-state index contributed by atoms with van der Waals surface area (Å²) in [5.74, 6) is -3.57. The predicted molar refractivity (Wildman–Crippen MR) is 74.1 cm³/mol. The van der Waals surface area contributed by atoms with Crippen LogP contribution in [0.3, 0.4) is 0 Å². The molecule has 0 rings (SSSR count). The van der Waals surface area contributed by atoms with Gasteiger partial charge in [0.05, 0.1) is 19.4 Å². The topological polar surface area (TPSA) is 127 Å². The van der Waals surface area contributed by atoms with Crippen molar-refractivity contribution in [2.75, 3.05) is 6.61 Å². The Morgan fingerprint density at radius 1 is 0.864 bits per heavy atom. The lowest BCUT2D eigenvalue weighted by Gasteiger charge is -2.30. The van der Waals surface area contributed by atoms with Crippen molar-refractivity contribution in [3.05, 3.63) is 0 Å². The van der Waals surface area contributed by atoms with Gasteiger partial charge in [0.1, 0.15) is 5.60 Å². The Morgan fingerprint density at radius 2 is 1.41 bits per heavy atom. The van der Waals surface area contributed by atoms with Gasteiger partial charge in [-0.3, -0.25) is 19.2 Å². The fraction of sp³-hybridized carbons (Fsp3) is 0.714. The number of unbranched alkanes of at least 4 members (excludes halogenated alkanes) is 2. The average molecular weight is 318 g/mol. The third kappa shape index (κ3) is 9.73. The molecule has 0 amide bonds. The quantitative estimate of drug-likeness (QED) is 0.432. The monoisotopic (exact) mass is 318 g/mol.